The number of hydrogen-bond acceptors (Lipinski definition) is 1. The molecule has 2 rings (SSSR count). The molecule has 0 aromatic carbocycles. The van der Waals surface area contributed by atoms with E-state index in [0.717, 1.165) is 38.0 Å². The predicted molar refractivity (Wildman–Crippen MR) is 64.2 cm³/mol. The van der Waals surface area contributed by atoms with Gasteiger partial charge in [-0.15, -0.1) is 0 Å². The molecule has 0 aromatic heterocycles. The molecule has 16 heavy (non-hydrogen) atoms. The Bertz CT molecular complexity index is 266. The van der Waals surface area contributed by atoms with Crippen molar-refractivity contribution in [3.05, 3.63) is 0 Å². The van der Waals surface area contributed by atoms with Gasteiger partial charge in [-0.2, -0.15) is 0 Å². The Kier molecular flexibility index (Phi) is 3.27. The molecule has 0 spiro atoms. The van der Waals surface area contributed by atoms with Crippen LogP contribution in [0.2, 0.25) is 0 Å². The number of carbonyl (C=O) groups is 1. The average Bonchev–Trinajstić information content (AvgIpc) is 2.63. The summed E-state index contributed by atoms with van der Waals surface area (Å²) in [4.78, 5) is 11.6. The minimum atomic E-state index is -0.517. The van der Waals surface area contributed by atoms with Crippen LogP contribution in [-0.4, -0.2) is 11.1 Å². The second kappa shape index (κ2) is 4.38. The van der Waals surface area contributed by atoms with Gasteiger partial charge < -0.3 is 5.11 Å². The zero-order chi connectivity index (χ0) is 11.8. The lowest BCUT2D eigenvalue weighted by atomic mass is 9.66. The van der Waals surface area contributed by atoms with Crippen LogP contribution in [0.25, 0.3) is 0 Å². The molecule has 0 aromatic rings. The van der Waals surface area contributed by atoms with E-state index in [-0.39, 0.29) is 5.41 Å². The van der Waals surface area contributed by atoms with E-state index in [0.29, 0.717) is 11.8 Å². The summed E-state index contributed by atoms with van der Waals surface area (Å²) in [5, 5.41) is 9.60. The quantitative estimate of drug-likeness (QED) is 0.776. The first kappa shape index (κ1) is 11.9. The van der Waals surface area contributed by atoms with Crippen molar-refractivity contribution >= 4 is 5.97 Å². The zero-order valence-corrected chi connectivity index (χ0v) is 10.5. The van der Waals surface area contributed by atoms with Gasteiger partial charge in [0.15, 0.2) is 0 Å². The van der Waals surface area contributed by atoms with Crippen LogP contribution in [-0.2, 0) is 4.79 Å². The first-order chi connectivity index (χ1) is 7.54. The van der Waals surface area contributed by atoms with Crippen molar-refractivity contribution in [1.82, 2.24) is 0 Å². The highest BCUT2D eigenvalue weighted by atomic mass is 16.4. The molecule has 2 heteroatoms. The highest BCUT2D eigenvalue weighted by Gasteiger charge is 2.50. The highest BCUT2D eigenvalue weighted by Crippen LogP contribution is 2.52. The van der Waals surface area contributed by atoms with E-state index in [1.165, 1.54) is 12.8 Å². The molecule has 0 saturated heterocycles. The second-order valence-corrected chi connectivity index (χ2v) is 6.27. The van der Waals surface area contributed by atoms with Crippen molar-refractivity contribution in [3.63, 3.8) is 0 Å². The van der Waals surface area contributed by atoms with E-state index in [1.807, 2.05) is 0 Å². The van der Waals surface area contributed by atoms with Gasteiger partial charge in [0.05, 0.1) is 5.41 Å². The normalized spacial score (nSPS) is 44.5. The summed E-state index contributed by atoms with van der Waals surface area (Å²) < 4.78 is 0. The molecule has 2 unspecified atom stereocenters. The maximum atomic E-state index is 11.6. The molecule has 1 N–H and O–H groups in total. The molecule has 2 atom stereocenters. The number of carboxylic acid groups (broad SMARTS) is 1. The Labute approximate surface area is 98.4 Å². The van der Waals surface area contributed by atoms with Crippen molar-refractivity contribution in [2.75, 3.05) is 0 Å². The van der Waals surface area contributed by atoms with E-state index in [4.69, 9.17) is 0 Å². The maximum Gasteiger partial charge on any atom is 0.309 e. The van der Waals surface area contributed by atoms with Crippen molar-refractivity contribution in [1.29, 1.82) is 0 Å². The van der Waals surface area contributed by atoms with Gasteiger partial charge in [-0.05, 0) is 49.9 Å². The third kappa shape index (κ3) is 1.99. The van der Waals surface area contributed by atoms with Crippen LogP contribution in [0.4, 0.5) is 0 Å². The smallest absolute Gasteiger partial charge is 0.309 e. The standard InChI is InChI=1S/C14H24O2/c1-10-3-5-12(6-4-10)14(13(15)16)8-7-11(2)9-14/h10-12H,3-9H2,1-2H3,(H,15,16). The summed E-state index contributed by atoms with van der Waals surface area (Å²) >= 11 is 0. The van der Waals surface area contributed by atoms with Gasteiger partial charge in [-0.25, -0.2) is 0 Å². The van der Waals surface area contributed by atoms with Crippen LogP contribution in [0.5, 0.6) is 0 Å². The van der Waals surface area contributed by atoms with Crippen LogP contribution in [0, 0.1) is 23.2 Å². The molecule has 2 fully saturated rings. The minimum absolute atomic E-state index is 0.362. The first-order valence-electron chi connectivity index (χ1n) is 6.78. The van der Waals surface area contributed by atoms with Gasteiger partial charge in [0.25, 0.3) is 0 Å². The van der Waals surface area contributed by atoms with Crippen LogP contribution in [0.3, 0.4) is 0 Å². The van der Waals surface area contributed by atoms with E-state index >= 15 is 0 Å². The molecular weight excluding hydrogens is 200 g/mol. The Morgan fingerprint density at radius 1 is 1.06 bits per heavy atom. The number of hydrogen-bond donors (Lipinski definition) is 1. The molecular formula is C14H24O2. The zero-order valence-electron chi connectivity index (χ0n) is 10.5. The summed E-state index contributed by atoms with van der Waals surface area (Å²) in [5.74, 6) is 1.35. The number of aliphatic carboxylic acids is 1. The van der Waals surface area contributed by atoms with Gasteiger partial charge in [0.2, 0.25) is 0 Å². The van der Waals surface area contributed by atoms with Crippen molar-refractivity contribution in [2.24, 2.45) is 23.2 Å². The number of rotatable bonds is 2. The fourth-order valence-electron chi connectivity index (χ4n) is 3.88. The third-order valence-corrected chi connectivity index (χ3v) is 5.02. The van der Waals surface area contributed by atoms with E-state index in [2.05, 4.69) is 13.8 Å². The molecule has 0 heterocycles. The molecule has 0 radical (unpaired) electrons. The largest absolute Gasteiger partial charge is 0.481 e. The molecule has 0 aliphatic heterocycles. The van der Waals surface area contributed by atoms with Crippen LogP contribution in [0.1, 0.15) is 58.8 Å². The summed E-state index contributed by atoms with van der Waals surface area (Å²) in [6, 6.07) is 0. The first-order valence-corrected chi connectivity index (χ1v) is 6.78. The van der Waals surface area contributed by atoms with Gasteiger partial charge in [0.1, 0.15) is 0 Å². The lowest BCUT2D eigenvalue weighted by Crippen LogP contribution is -2.38. The lowest BCUT2D eigenvalue weighted by Gasteiger charge is -2.38. The van der Waals surface area contributed by atoms with Gasteiger partial charge in [0, 0.05) is 0 Å². The minimum Gasteiger partial charge on any atom is -0.481 e. The SMILES string of the molecule is CC1CCC(C2(C(=O)O)CCC(C)C2)CC1. The van der Waals surface area contributed by atoms with E-state index in [9.17, 15) is 9.90 Å². The van der Waals surface area contributed by atoms with Crippen LogP contribution >= 0.6 is 0 Å². The third-order valence-electron chi connectivity index (χ3n) is 5.02. The fourth-order valence-corrected chi connectivity index (χ4v) is 3.88. The van der Waals surface area contributed by atoms with Crippen molar-refractivity contribution in [2.45, 2.75) is 58.8 Å². The van der Waals surface area contributed by atoms with E-state index in [1.54, 1.807) is 0 Å². The van der Waals surface area contributed by atoms with Gasteiger partial charge in [-0.3, -0.25) is 4.79 Å². The van der Waals surface area contributed by atoms with Gasteiger partial charge in [-0.1, -0.05) is 26.7 Å². The van der Waals surface area contributed by atoms with Crippen molar-refractivity contribution in [3.8, 4) is 0 Å². The summed E-state index contributed by atoms with van der Waals surface area (Å²) in [7, 11) is 0. The average molecular weight is 224 g/mol. The molecule has 2 aliphatic carbocycles. The number of carboxylic acids is 1. The maximum absolute atomic E-state index is 11.6. The predicted octanol–water partition coefficient (Wildman–Crippen LogP) is 3.70. The Hall–Kier alpha value is -0.530. The molecule has 2 nitrogen and oxygen atoms in total. The Balaban J connectivity index is 2.11. The topological polar surface area (TPSA) is 37.3 Å². The van der Waals surface area contributed by atoms with Crippen LogP contribution in [0.15, 0.2) is 0 Å². The summed E-state index contributed by atoms with van der Waals surface area (Å²) in [5.41, 5.74) is -0.362. The van der Waals surface area contributed by atoms with Crippen molar-refractivity contribution < 1.29 is 9.90 Å². The van der Waals surface area contributed by atoms with E-state index < -0.39 is 5.97 Å². The fraction of sp³-hybridized carbons (Fsp3) is 0.929. The summed E-state index contributed by atoms with van der Waals surface area (Å²) in [6.45, 7) is 4.50. The lowest BCUT2D eigenvalue weighted by molar-refractivity contribution is -0.153. The summed E-state index contributed by atoms with van der Waals surface area (Å²) in [6.07, 6.45) is 7.69. The van der Waals surface area contributed by atoms with Crippen LogP contribution < -0.4 is 0 Å². The Morgan fingerprint density at radius 3 is 2.12 bits per heavy atom. The Morgan fingerprint density at radius 2 is 1.69 bits per heavy atom. The molecule has 0 bridgehead atoms. The molecule has 2 saturated carbocycles. The second-order valence-electron chi connectivity index (χ2n) is 6.27. The molecule has 92 valence electrons. The van der Waals surface area contributed by atoms with Gasteiger partial charge >= 0.3 is 5.97 Å². The molecule has 2 aliphatic rings. The monoisotopic (exact) mass is 224 g/mol. The molecule has 0 amide bonds. The highest BCUT2D eigenvalue weighted by molar-refractivity contribution is 5.75.